The lowest BCUT2D eigenvalue weighted by Gasteiger charge is -2.34. The van der Waals surface area contributed by atoms with E-state index >= 15 is 0 Å². The number of piperidine rings is 1. The van der Waals surface area contributed by atoms with E-state index < -0.39 is 5.60 Å². The summed E-state index contributed by atoms with van der Waals surface area (Å²) in [6.45, 7) is 7.97. The topological polar surface area (TPSA) is 36.4 Å². The van der Waals surface area contributed by atoms with E-state index in [4.69, 9.17) is 0 Å². The fourth-order valence-corrected chi connectivity index (χ4v) is 3.09. The Bertz CT molecular complexity index is 528. The number of likely N-dealkylation sites (tertiary alicyclic amines) is 1. The van der Waals surface area contributed by atoms with Gasteiger partial charge >= 0.3 is 0 Å². The highest BCUT2D eigenvalue weighted by atomic mass is 16.3. The first-order valence-corrected chi connectivity index (χ1v) is 8.84. The maximum atomic E-state index is 10.4. The zero-order chi connectivity index (χ0) is 16.7. The summed E-state index contributed by atoms with van der Waals surface area (Å²) in [5, 5.41) is 10.4. The van der Waals surface area contributed by atoms with Gasteiger partial charge in [0.05, 0.1) is 6.54 Å². The Kier molecular flexibility index (Phi) is 6.62. The molecule has 126 valence electrons. The molecule has 0 saturated carbocycles. The second-order valence-corrected chi connectivity index (χ2v) is 7.28. The van der Waals surface area contributed by atoms with Crippen LogP contribution in [0.1, 0.15) is 64.5 Å². The van der Waals surface area contributed by atoms with Gasteiger partial charge in [-0.3, -0.25) is 9.88 Å². The third kappa shape index (κ3) is 5.97. The van der Waals surface area contributed by atoms with Crippen molar-refractivity contribution in [3.63, 3.8) is 0 Å². The van der Waals surface area contributed by atoms with E-state index in [1.54, 1.807) is 0 Å². The van der Waals surface area contributed by atoms with E-state index in [-0.39, 0.29) is 0 Å². The second-order valence-electron chi connectivity index (χ2n) is 7.28. The summed E-state index contributed by atoms with van der Waals surface area (Å²) in [5.74, 6) is 6.90. The van der Waals surface area contributed by atoms with Crippen LogP contribution in [0, 0.1) is 17.8 Å². The number of nitrogens with zero attached hydrogens (tertiary/aromatic N) is 2. The van der Waals surface area contributed by atoms with Crippen LogP contribution in [0.25, 0.3) is 0 Å². The van der Waals surface area contributed by atoms with Crippen molar-refractivity contribution in [1.29, 1.82) is 0 Å². The van der Waals surface area contributed by atoms with Gasteiger partial charge in [-0.1, -0.05) is 38.2 Å². The number of rotatable bonds is 5. The highest BCUT2D eigenvalue weighted by Gasteiger charge is 2.23. The molecule has 0 radical (unpaired) electrons. The van der Waals surface area contributed by atoms with E-state index in [9.17, 15) is 5.11 Å². The molecule has 2 atom stereocenters. The van der Waals surface area contributed by atoms with Crippen molar-refractivity contribution < 1.29 is 5.11 Å². The zero-order valence-corrected chi connectivity index (χ0v) is 14.8. The van der Waals surface area contributed by atoms with Crippen molar-refractivity contribution in [2.75, 3.05) is 13.1 Å². The average molecular weight is 314 g/mol. The van der Waals surface area contributed by atoms with Gasteiger partial charge in [-0.15, -0.1) is 0 Å². The number of aliphatic hydroxyl groups is 1. The summed E-state index contributed by atoms with van der Waals surface area (Å²) in [6.07, 6.45) is 9.18. The smallest absolute Gasteiger partial charge is 0.122 e. The molecule has 1 saturated heterocycles. The number of aromatic nitrogens is 1. The largest absolute Gasteiger partial charge is 0.378 e. The van der Waals surface area contributed by atoms with Crippen LogP contribution in [0.3, 0.4) is 0 Å². The van der Waals surface area contributed by atoms with Crippen LogP contribution < -0.4 is 0 Å². The third-order valence-electron chi connectivity index (χ3n) is 4.53. The van der Waals surface area contributed by atoms with Crippen LogP contribution in [0.15, 0.2) is 24.5 Å². The monoisotopic (exact) mass is 314 g/mol. The highest BCUT2D eigenvalue weighted by Crippen LogP contribution is 2.29. The molecule has 23 heavy (non-hydrogen) atoms. The molecule has 2 rings (SSSR count). The van der Waals surface area contributed by atoms with Gasteiger partial charge in [0, 0.05) is 18.4 Å². The molecule has 1 fully saturated rings. The minimum atomic E-state index is -0.871. The molecule has 3 nitrogen and oxygen atoms in total. The summed E-state index contributed by atoms with van der Waals surface area (Å²) >= 11 is 0. The van der Waals surface area contributed by atoms with Crippen LogP contribution >= 0.6 is 0 Å². The van der Waals surface area contributed by atoms with Crippen LogP contribution in [0.5, 0.6) is 0 Å². The lowest BCUT2D eigenvalue weighted by atomic mass is 9.95. The van der Waals surface area contributed by atoms with E-state index in [0.29, 0.717) is 12.0 Å². The predicted octanol–water partition coefficient (Wildman–Crippen LogP) is 3.80. The van der Waals surface area contributed by atoms with Gasteiger partial charge in [0.25, 0.3) is 0 Å². The summed E-state index contributed by atoms with van der Waals surface area (Å²) < 4.78 is 0. The molecule has 0 amide bonds. The quantitative estimate of drug-likeness (QED) is 0.840. The van der Waals surface area contributed by atoms with Crippen LogP contribution in [-0.4, -0.2) is 33.7 Å². The van der Waals surface area contributed by atoms with E-state index in [1.165, 1.54) is 18.4 Å². The average Bonchev–Trinajstić information content (AvgIpc) is 2.54. The van der Waals surface area contributed by atoms with E-state index in [2.05, 4.69) is 41.6 Å². The molecule has 1 aromatic heterocycles. The van der Waals surface area contributed by atoms with Crippen molar-refractivity contribution in [3.8, 4) is 11.8 Å². The molecule has 0 aliphatic carbocycles. The number of hydrogen-bond acceptors (Lipinski definition) is 3. The molecule has 1 aliphatic rings. The molecule has 1 aliphatic heterocycles. The van der Waals surface area contributed by atoms with E-state index in [0.717, 1.165) is 32.4 Å². The lowest BCUT2D eigenvalue weighted by Crippen LogP contribution is -2.34. The third-order valence-corrected chi connectivity index (χ3v) is 4.53. The van der Waals surface area contributed by atoms with Crippen molar-refractivity contribution in [1.82, 2.24) is 9.88 Å². The molecule has 1 aromatic rings. The maximum absolute atomic E-state index is 10.4. The molecule has 0 bridgehead atoms. The minimum absolute atomic E-state index is 0.410. The fraction of sp³-hybridized carbons (Fsp3) is 0.650. The molecular formula is C20H30N2O. The van der Waals surface area contributed by atoms with E-state index in [1.807, 2.05) is 25.4 Å². The highest BCUT2D eigenvalue weighted by molar-refractivity contribution is 5.17. The normalized spacial score (nSPS) is 21.5. The molecule has 0 unspecified atom stereocenters. The van der Waals surface area contributed by atoms with Gasteiger partial charge in [-0.25, -0.2) is 0 Å². The SMILES string of the molecule is CC(C)CC[C@](C)(O)C#CCN1CCCC[C@@H]1c1cccnc1. The van der Waals surface area contributed by atoms with Crippen LogP contribution in [-0.2, 0) is 0 Å². The molecule has 0 spiro atoms. The van der Waals surface area contributed by atoms with Crippen LogP contribution in [0.4, 0.5) is 0 Å². The minimum Gasteiger partial charge on any atom is -0.378 e. The Labute approximate surface area is 141 Å². The first-order chi connectivity index (χ1) is 11.0. The lowest BCUT2D eigenvalue weighted by molar-refractivity contribution is 0.105. The maximum Gasteiger partial charge on any atom is 0.122 e. The van der Waals surface area contributed by atoms with Crippen molar-refractivity contribution >= 4 is 0 Å². The summed E-state index contributed by atoms with van der Waals surface area (Å²) in [5.41, 5.74) is 0.407. The molecule has 3 heteroatoms. The Morgan fingerprint density at radius 1 is 1.43 bits per heavy atom. The first-order valence-electron chi connectivity index (χ1n) is 8.84. The Morgan fingerprint density at radius 3 is 2.96 bits per heavy atom. The number of hydrogen-bond donors (Lipinski definition) is 1. The van der Waals surface area contributed by atoms with Crippen molar-refractivity contribution in [2.45, 2.75) is 64.5 Å². The van der Waals surface area contributed by atoms with Crippen LogP contribution in [0.2, 0.25) is 0 Å². The zero-order valence-electron chi connectivity index (χ0n) is 14.8. The summed E-state index contributed by atoms with van der Waals surface area (Å²) in [6, 6.07) is 4.57. The first kappa shape index (κ1) is 18.0. The number of pyridine rings is 1. The van der Waals surface area contributed by atoms with Crippen molar-refractivity contribution in [2.24, 2.45) is 5.92 Å². The standard InChI is InChI=1S/C20H30N2O/c1-17(2)10-12-20(3,23)11-7-15-22-14-5-4-9-19(22)18-8-6-13-21-16-18/h6,8,13,16-17,19,23H,4-5,9-10,12,14-15H2,1-3H3/t19-,20-/m1/s1. The van der Waals surface area contributed by atoms with Crippen molar-refractivity contribution in [3.05, 3.63) is 30.1 Å². The second kappa shape index (κ2) is 8.47. The molecular weight excluding hydrogens is 284 g/mol. The van der Waals surface area contributed by atoms with Gasteiger partial charge in [-0.05, 0) is 56.7 Å². The molecule has 1 N–H and O–H groups in total. The van der Waals surface area contributed by atoms with Gasteiger partial charge in [-0.2, -0.15) is 0 Å². The molecule has 0 aromatic carbocycles. The predicted molar refractivity (Wildman–Crippen MR) is 94.9 cm³/mol. The fourth-order valence-electron chi connectivity index (χ4n) is 3.09. The summed E-state index contributed by atoms with van der Waals surface area (Å²) in [7, 11) is 0. The van der Waals surface area contributed by atoms with Gasteiger partial charge < -0.3 is 5.11 Å². The Morgan fingerprint density at radius 2 is 2.26 bits per heavy atom. The van der Waals surface area contributed by atoms with Gasteiger partial charge in [0.1, 0.15) is 5.60 Å². The Balaban J connectivity index is 1.96. The van der Waals surface area contributed by atoms with Gasteiger partial charge in [0.15, 0.2) is 0 Å². The summed E-state index contributed by atoms with van der Waals surface area (Å²) in [4.78, 5) is 6.67. The molecule has 2 heterocycles. The van der Waals surface area contributed by atoms with Gasteiger partial charge in [0.2, 0.25) is 0 Å². The Hall–Kier alpha value is -1.37.